The first-order valence-electron chi connectivity index (χ1n) is 5.33. The fourth-order valence-electron chi connectivity index (χ4n) is 1.34. The van der Waals surface area contributed by atoms with E-state index in [1.165, 1.54) is 0 Å². The van der Waals surface area contributed by atoms with E-state index in [-0.39, 0.29) is 6.61 Å². The molecule has 1 atom stereocenters. The van der Waals surface area contributed by atoms with Gasteiger partial charge in [-0.3, -0.25) is 0 Å². The molecule has 2 N–H and O–H groups in total. The molecule has 1 rings (SSSR count). The number of ether oxygens (including phenoxy) is 1. The molecule has 0 amide bonds. The lowest BCUT2D eigenvalue weighted by Crippen LogP contribution is -2.47. The van der Waals surface area contributed by atoms with Crippen molar-refractivity contribution in [2.75, 3.05) is 18.5 Å². The summed E-state index contributed by atoms with van der Waals surface area (Å²) in [5.74, 6) is -0.967. The van der Waals surface area contributed by atoms with Crippen molar-refractivity contribution in [3.05, 3.63) is 29.3 Å². The molecule has 5 heteroatoms. The number of hydrogen-bond acceptors (Lipinski definition) is 3. The molecule has 0 heterocycles. The van der Waals surface area contributed by atoms with Crippen molar-refractivity contribution in [3.63, 3.8) is 0 Å². The van der Waals surface area contributed by atoms with E-state index in [1.807, 2.05) is 6.92 Å². The van der Waals surface area contributed by atoms with Crippen molar-refractivity contribution in [1.82, 2.24) is 0 Å². The second-order valence-corrected chi connectivity index (χ2v) is 4.35. The van der Waals surface area contributed by atoms with Gasteiger partial charge in [-0.2, -0.15) is 0 Å². The predicted octanol–water partition coefficient (Wildman–Crippen LogP) is 2.63. The monoisotopic (exact) mass is 257 g/mol. The summed E-state index contributed by atoms with van der Waals surface area (Å²) in [4.78, 5) is 11.2. The molecule has 0 saturated heterocycles. The van der Waals surface area contributed by atoms with Crippen molar-refractivity contribution < 1.29 is 14.6 Å². The number of halogens is 1. The lowest BCUT2D eigenvalue weighted by atomic mass is 10.0. The minimum atomic E-state index is -1.17. The Morgan fingerprint density at radius 1 is 1.59 bits per heavy atom. The minimum Gasteiger partial charge on any atom is -0.479 e. The second kappa shape index (κ2) is 5.89. The van der Waals surface area contributed by atoms with E-state index >= 15 is 0 Å². The molecule has 0 fully saturated rings. The molecule has 94 valence electrons. The Hall–Kier alpha value is -1.26. The van der Waals surface area contributed by atoms with Crippen LogP contribution in [-0.2, 0) is 9.53 Å². The number of carbonyl (C=O) groups is 1. The number of carboxylic acid groups (broad SMARTS) is 1. The Morgan fingerprint density at radius 3 is 2.82 bits per heavy atom. The maximum atomic E-state index is 11.2. The predicted molar refractivity (Wildman–Crippen MR) is 67.6 cm³/mol. The standard InChI is InChI=1S/C12H16ClNO3/c1-3-17-8-12(2,11(15)16)14-10-6-4-5-9(13)7-10/h4-7,14H,3,8H2,1-2H3,(H,15,16). The molecule has 0 saturated carbocycles. The normalized spacial score (nSPS) is 14.1. The number of hydrogen-bond donors (Lipinski definition) is 2. The quantitative estimate of drug-likeness (QED) is 0.823. The van der Waals surface area contributed by atoms with Gasteiger partial charge in [0.05, 0.1) is 6.61 Å². The molecule has 0 aliphatic carbocycles. The van der Waals surface area contributed by atoms with E-state index < -0.39 is 11.5 Å². The summed E-state index contributed by atoms with van der Waals surface area (Å²) < 4.78 is 5.19. The molecule has 0 aromatic heterocycles. The molecule has 0 aliphatic heterocycles. The van der Waals surface area contributed by atoms with E-state index in [0.29, 0.717) is 17.3 Å². The molecule has 1 aromatic rings. The van der Waals surface area contributed by atoms with E-state index in [4.69, 9.17) is 16.3 Å². The fraction of sp³-hybridized carbons (Fsp3) is 0.417. The van der Waals surface area contributed by atoms with Gasteiger partial charge < -0.3 is 15.2 Å². The molecule has 1 aromatic carbocycles. The molecule has 1 unspecified atom stereocenters. The summed E-state index contributed by atoms with van der Waals surface area (Å²) in [6, 6.07) is 6.93. The van der Waals surface area contributed by atoms with Crippen LogP contribution in [0, 0.1) is 0 Å². The smallest absolute Gasteiger partial charge is 0.331 e. The van der Waals surface area contributed by atoms with Gasteiger partial charge >= 0.3 is 5.97 Å². The highest BCUT2D eigenvalue weighted by Crippen LogP contribution is 2.20. The van der Waals surface area contributed by atoms with Crippen LogP contribution in [0.4, 0.5) is 5.69 Å². The Kier molecular flexibility index (Phi) is 4.78. The van der Waals surface area contributed by atoms with Crippen molar-refractivity contribution in [2.24, 2.45) is 0 Å². The van der Waals surface area contributed by atoms with Crippen molar-refractivity contribution >= 4 is 23.3 Å². The maximum absolute atomic E-state index is 11.2. The zero-order valence-corrected chi connectivity index (χ0v) is 10.6. The van der Waals surface area contributed by atoms with Crippen LogP contribution in [-0.4, -0.2) is 29.8 Å². The first kappa shape index (κ1) is 13.8. The van der Waals surface area contributed by atoms with Crippen LogP contribution in [0.25, 0.3) is 0 Å². The molecule has 4 nitrogen and oxygen atoms in total. The largest absolute Gasteiger partial charge is 0.479 e. The summed E-state index contributed by atoms with van der Waals surface area (Å²) in [6.45, 7) is 3.96. The molecular formula is C12H16ClNO3. The molecule has 0 bridgehead atoms. The van der Waals surface area contributed by atoms with Gasteiger partial charge in [0.25, 0.3) is 0 Å². The molecular weight excluding hydrogens is 242 g/mol. The van der Waals surface area contributed by atoms with Crippen LogP contribution in [0.5, 0.6) is 0 Å². The lowest BCUT2D eigenvalue weighted by Gasteiger charge is -2.27. The SMILES string of the molecule is CCOCC(C)(Nc1cccc(Cl)c1)C(=O)O. The van der Waals surface area contributed by atoms with E-state index in [0.717, 1.165) is 0 Å². The number of benzene rings is 1. The summed E-state index contributed by atoms with van der Waals surface area (Å²) >= 11 is 5.84. The van der Waals surface area contributed by atoms with Crippen molar-refractivity contribution in [2.45, 2.75) is 19.4 Å². The van der Waals surface area contributed by atoms with E-state index in [1.54, 1.807) is 31.2 Å². The zero-order valence-electron chi connectivity index (χ0n) is 9.87. The summed E-state index contributed by atoms with van der Waals surface area (Å²) in [5, 5.41) is 12.7. The Morgan fingerprint density at radius 2 is 2.29 bits per heavy atom. The Bertz CT molecular complexity index is 397. The third-order valence-electron chi connectivity index (χ3n) is 2.31. The molecule has 0 aliphatic rings. The van der Waals surface area contributed by atoms with E-state index in [9.17, 15) is 9.90 Å². The van der Waals surface area contributed by atoms with Crippen LogP contribution in [0.3, 0.4) is 0 Å². The van der Waals surface area contributed by atoms with Gasteiger partial charge in [-0.05, 0) is 32.0 Å². The van der Waals surface area contributed by atoms with Gasteiger partial charge in [0.15, 0.2) is 5.54 Å². The van der Waals surface area contributed by atoms with Crippen molar-refractivity contribution in [1.29, 1.82) is 0 Å². The maximum Gasteiger partial charge on any atom is 0.331 e. The van der Waals surface area contributed by atoms with Crippen LogP contribution in [0.15, 0.2) is 24.3 Å². The third kappa shape index (κ3) is 3.91. The van der Waals surface area contributed by atoms with Gasteiger partial charge in [0, 0.05) is 17.3 Å². The summed E-state index contributed by atoms with van der Waals surface area (Å²) in [5.41, 5.74) is -0.511. The first-order chi connectivity index (χ1) is 7.98. The summed E-state index contributed by atoms with van der Waals surface area (Å²) in [6.07, 6.45) is 0. The van der Waals surface area contributed by atoms with Crippen molar-refractivity contribution in [3.8, 4) is 0 Å². The van der Waals surface area contributed by atoms with Gasteiger partial charge in [-0.1, -0.05) is 17.7 Å². The number of anilines is 1. The topological polar surface area (TPSA) is 58.6 Å². The van der Waals surface area contributed by atoms with Gasteiger partial charge in [-0.25, -0.2) is 4.79 Å². The van der Waals surface area contributed by atoms with Crippen LogP contribution < -0.4 is 5.32 Å². The Labute approximate surface area is 106 Å². The van der Waals surface area contributed by atoms with Crippen LogP contribution in [0.2, 0.25) is 5.02 Å². The van der Waals surface area contributed by atoms with E-state index in [2.05, 4.69) is 5.32 Å². The second-order valence-electron chi connectivity index (χ2n) is 3.91. The lowest BCUT2D eigenvalue weighted by molar-refractivity contribution is -0.143. The van der Waals surface area contributed by atoms with Gasteiger partial charge in [0.2, 0.25) is 0 Å². The highest BCUT2D eigenvalue weighted by molar-refractivity contribution is 6.30. The number of nitrogens with one attached hydrogen (secondary N) is 1. The highest BCUT2D eigenvalue weighted by atomic mass is 35.5. The first-order valence-corrected chi connectivity index (χ1v) is 5.70. The Balaban J connectivity index is 2.83. The molecule has 0 spiro atoms. The fourth-order valence-corrected chi connectivity index (χ4v) is 1.53. The highest BCUT2D eigenvalue weighted by Gasteiger charge is 2.33. The number of rotatable bonds is 6. The summed E-state index contributed by atoms with van der Waals surface area (Å²) in [7, 11) is 0. The van der Waals surface area contributed by atoms with Crippen LogP contribution >= 0.6 is 11.6 Å². The third-order valence-corrected chi connectivity index (χ3v) is 2.55. The average Bonchev–Trinajstić information content (AvgIpc) is 2.26. The minimum absolute atomic E-state index is 0.0886. The number of carboxylic acids is 1. The van der Waals surface area contributed by atoms with Gasteiger partial charge in [-0.15, -0.1) is 0 Å². The number of aliphatic carboxylic acids is 1. The molecule has 0 radical (unpaired) electrons. The molecule has 17 heavy (non-hydrogen) atoms. The van der Waals surface area contributed by atoms with Crippen LogP contribution in [0.1, 0.15) is 13.8 Å². The van der Waals surface area contributed by atoms with Gasteiger partial charge in [0.1, 0.15) is 0 Å². The zero-order chi connectivity index (χ0) is 12.9. The average molecular weight is 258 g/mol.